The van der Waals surface area contributed by atoms with Gasteiger partial charge in [-0.05, 0) is 36.8 Å². The molecule has 3 rings (SSSR count). The van der Waals surface area contributed by atoms with E-state index in [1.165, 1.54) is 22.5 Å². The molecule has 0 amide bonds. The van der Waals surface area contributed by atoms with Crippen LogP contribution in [0.25, 0.3) is 0 Å². The maximum absolute atomic E-state index is 13.5. The number of furan rings is 1. The van der Waals surface area contributed by atoms with Crippen molar-refractivity contribution in [2.75, 3.05) is 19.6 Å². The molecule has 1 aromatic heterocycles. The van der Waals surface area contributed by atoms with E-state index in [0.29, 0.717) is 31.0 Å². The van der Waals surface area contributed by atoms with Gasteiger partial charge >= 0.3 is 0 Å². The minimum atomic E-state index is -3.75. The summed E-state index contributed by atoms with van der Waals surface area (Å²) in [4.78, 5) is 0. The first-order valence-electron chi connectivity index (χ1n) is 7.03. The maximum Gasteiger partial charge on any atom is 0.277 e. The van der Waals surface area contributed by atoms with Gasteiger partial charge < -0.3 is 9.73 Å². The van der Waals surface area contributed by atoms with E-state index in [9.17, 15) is 12.8 Å². The van der Waals surface area contributed by atoms with E-state index < -0.39 is 16.1 Å². The Balaban J connectivity index is 1.99. The highest BCUT2D eigenvalue weighted by Crippen LogP contribution is 2.29. The third kappa shape index (κ3) is 2.79. The lowest BCUT2D eigenvalue weighted by molar-refractivity contribution is 0.263. The Kier molecular flexibility index (Phi) is 4.03. The first kappa shape index (κ1) is 15.2. The fraction of sp³-hybridized carbons (Fsp3) is 0.333. The van der Waals surface area contributed by atoms with Crippen LogP contribution in [0.4, 0.5) is 4.39 Å². The summed E-state index contributed by atoms with van der Waals surface area (Å²) in [6, 6.07) is 8.64. The van der Waals surface area contributed by atoms with E-state index >= 15 is 0 Å². The van der Waals surface area contributed by atoms with Crippen LogP contribution in [-0.4, -0.2) is 32.4 Å². The number of hydrogen-bond acceptors (Lipinski definition) is 4. The Morgan fingerprint density at radius 1 is 1.32 bits per heavy atom. The molecule has 7 heteroatoms. The van der Waals surface area contributed by atoms with Crippen molar-refractivity contribution < 1.29 is 17.2 Å². The lowest BCUT2D eigenvalue weighted by Crippen LogP contribution is -2.48. The van der Waals surface area contributed by atoms with E-state index in [1.54, 1.807) is 25.1 Å². The third-order valence-electron chi connectivity index (χ3n) is 3.71. The number of aryl methyl sites for hydroxylation is 1. The van der Waals surface area contributed by atoms with Crippen molar-refractivity contribution in [3.63, 3.8) is 0 Å². The Bertz CT molecular complexity index is 773. The van der Waals surface area contributed by atoms with Gasteiger partial charge in [-0.3, -0.25) is 0 Å². The van der Waals surface area contributed by atoms with Gasteiger partial charge in [0.2, 0.25) is 5.09 Å². The average Bonchev–Trinajstić information content (AvgIpc) is 2.95. The number of hydrogen-bond donors (Lipinski definition) is 1. The Morgan fingerprint density at radius 2 is 2.14 bits per heavy atom. The molecule has 0 aliphatic carbocycles. The molecule has 1 unspecified atom stereocenters. The molecule has 1 fully saturated rings. The molecule has 1 saturated heterocycles. The average molecular weight is 324 g/mol. The Labute approximate surface area is 128 Å². The van der Waals surface area contributed by atoms with Crippen molar-refractivity contribution in [2.45, 2.75) is 18.1 Å². The van der Waals surface area contributed by atoms with Crippen LogP contribution in [0, 0.1) is 12.7 Å². The highest BCUT2D eigenvalue weighted by Gasteiger charge is 2.36. The van der Waals surface area contributed by atoms with Gasteiger partial charge in [0, 0.05) is 19.6 Å². The molecule has 0 saturated carbocycles. The van der Waals surface area contributed by atoms with E-state index in [2.05, 4.69) is 5.32 Å². The summed E-state index contributed by atoms with van der Waals surface area (Å²) in [6.45, 7) is 2.98. The zero-order chi connectivity index (χ0) is 15.7. The molecule has 1 N–H and O–H groups in total. The summed E-state index contributed by atoms with van der Waals surface area (Å²) in [5.41, 5.74) is 0.624. The normalized spacial score (nSPS) is 20.2. The van der Waals surface area contributed by atoms with Gasteiger partial charge in [-0.1, -0.05) is 12.1 Å². The number of nitrogens with zero attached hydrogens (tertiary/aromatic N) is 1. The predicted molar refractivity (Wildman–Crippen MR) is 79.3 cm³/mol. The first-order valence-corrected chi connectivity index (χ1v) is 8.47. The lowest BCUT2D eigenvalue weighted by Gasteiger charge is -2.34. The molecule has 2 aromatic rings. The van der Waals surface area contributed by atoms with Crippen molar-refractivity contribution >= 4 is 10.0 Å². The van der Waals surface area contributed by atoms with Crippen LogP contribution < -0.4 is 5.32 Å². The van der Waals surface area contributed by atoms with Crippen molar-refractivity contribution in [3.05, 3.63) is 53.5 Å². The number of halogens is 1. The zero-order valence-corrected chi connectivity index (χ0v) is 12.9. The molecule has 22 heavy (non-hydrogen) atoms. The Hall–Kier alpha value is -1.70. The molecule has 1 aliphatic rings. The maximum atomic E-state index is 13.5. The monoisotopic (exact) mass is 324 g/mol. The number of rotatable bonds is 3. The van der Waals surface area contributed by atoms with Gasteiger partial charge in [0.25, 0.3) is 10.0 Å². The molecular formula is C15H17FN2O3S. The van der Waals surface area contributed by atoms with Crippen LogP contribution in [0.2, 0.25) is 0 Å². The van der Waals surface area contributed by atoms with Crippen LogP contribution >= 0.6 is 0 Å². The summed E-state index contributed by atoms with van der Waals surface area (Å²) in [6.07, 6.45) is 0. The topological polar surface area (TPSA) is 62.6 Å². The van der Waals surface area contributed by atoms with E-state index in [-0.39, 0.29) is 10.9 Å². The van der Waals surface area contributed by atoms with Crippen molar-refractivity contribution in [1.82, 2.24) is 9.62 Å². The molecule has 118 valence electrons. The van der Waals surface area contributed by atoms with Crippen LogP contribution in [0.3, 0.4) is 0 Å². The summed E-state index contributed by atoms with van der Waals surface area (Å²) in [5.74, 6) is 0.158. The predicted octanol–water partition coefficient (Wildman–Crippen LogP) is 2.06. The third-order valence-corrected chi connectivity index (χ3v) is 5.49. The molecule has 0 spiro atoms. The minimum absolute atomic E-state index is 0.0756. The smallest absolute Gasteiger partial charge is 0.277 e. The van der Waals surface area contributed by atoms with Gasteiger partial charge in [0.05, 0.1) is 6.04 Å². The second kappa shape index (κ2) is 5.83. The fourth-order valence-electron chi connectivity index (χ4n) is 2.64. The fourth-order valence-corrected chi connectivity index (χ4v) is 4.21. The zero-order valence-electron chi connectivity index (χ0n) is 12.1. The molecule has 5 nitrogen and oxygen atoms in total. The quantitative estimate of drug-likeness (QED) is 0.939. The molecule has 1 atom stereocenters. The molecular weight excluding hydrogens is 307 g/mol. The second-order valence-electron chi connectivity index (χ2n) is 5.26. The van der Waals surface area contributed by atoms with Crippen molar-refractivity contribution in [1.29, 1.82) is 0 Å². The molecule has 0 radical (unpaired) electrons. The second-order valence-corrected chi connectivity index (χ2v) is 7.08. The van der Waals surface area contributed by atoms with Crippen LogP contribution in [0.5, 0.6) is 0 Å². The number of piperazine rings is 1. The Morgan fingerprint density at radius 3 is 2.82 bits per heavy atom. The molecule has 2 heterocycles. The minimum Gasteiger partial charge on any atom is -0.449 e. The van der Waals surface area contributed by atoms with Gasteiger partial charge in [-0.15, -0.1) is 0 Å². The standard InChI is InChI=1S/C15H17FN2O3S/c1-11-5-6-15(21-11)22(19,20)18-8-7-17-10-14(18)12-3-2-4-13(16)9-12/h2-6,9,14,17H,7-8,10H2,1H3. The van der Waals surface area contributed by atoms with Crippen LogP contribution in [0.15, 0.2) is 45.9 Å². The largest absolute Gasteiger partial charge is 0.449 e. The highest BCUT2D eigenvalue weighted by molar-refractivity contribution is 7.89. The van der Waals surface area contributed by atoms with Crippen molar-refractivity contribution in [2.24, 2.45) is 0 Å². The van der Waals surface area contributed by atoms with Gasteiger partial charge in [-0.25, -0.2) is 12.8 Å². The SMILES string of the molecule is Cc1ccc(S(=O)(=O)N2CCNCC2c2cccc(F)c2)o1. The molecule has 1 aromatic carbocycles. The van der Waals surface area contributed by atoms with E-state index in [1.807, 2.05) is 0 Å². The molecule has 1 aliphatic heterocycles. The highest BCUT2D eigenvalue weighted by atomic mass is 32.2. The van der Waals surface area contributed by atoms with Crippen LogP contribution in [0.1, 0.15) is 17.4 Å². The summed E-state index contributed by atoms with van der Waals surface area (Å²) >= 11 is 0. The summed E-state index contributed by atoms with van der Waals surface area (Å²) in [5, 5.41) is 3.08. The van der Waals surface area contributed by atoms with E-state index in [4.69, 9.17) is 4.42 Å². The first-order chi connectivity index (χ1) is 10.5. The summed E-state index contributed by atoms with van der Waals surface area (Å²) < 4.78 is 45.7. The van der Waals surface area contributed by atoms with Gasteiger partial charge in [0.1, 0.15) is 11.6 Å². The molecule has 0 bridgehead atoms. The lowest BCUT2D eigenvalue weighted by atomic mass is 10.1. The van der Waals surface area contributed by atoms with E-state index in [0.717, 1.165) is 0 Å². The van der Waals surface area contributed by atoms with Crippen molar-refractivity contribution in [3.8, 4) is 0 Å². The number of sulfonamides is 1. The van der Waals surface area contributed by atoms with Gasteiger partial charge in [-0.2, -0.15) is 4.31 Å². The summed E-state index contributed by atoms with van der Waals surface area (Å²) in [7, 11) is -3.75. The number of nitrogens with one attached hydrogen (secondary N) is 1. The van der Waals surface area contributed by atoms with Crippen LogP contribution in [-0.2, 0) is 10.0 Å². The number of benzene rings is 1. The van der Waals surface area contributed by atoms with Gasteiger partial charge in [0.15, 0.2) is 0 Å².